The fourth-order valence-electron chi connectivity index (χ4n) is 2.61. The van der Waals surface area contributed by atoms with Gasteiger partial charge in [0.05, 0.1) is 13.2 Å². The van der Waals surface area contributed by atoms with E-state index >= 15 is 0 Å². The van der Waals surface area contributed by atoms with Gasteiger partial charge in [0, 0.05) is 5.56 Å². The maximum absolute atomic E-state index is 5.59. The normalized spacial score (nSPS) is 12.2. The Balaban J connectivity index is 2.50. The van der Waals surface area contributed by atoms with E-state index in [2.05, 4.69) is 69.4 Å². The summed E-state index contributed by atoms with van der Waals surface area (Å²) in [4.78, 5) is 0. The zero-order chi connectivity index (χ0) is 15.4. The Morgan fingerprint density at radius 2 is 1.76 bits per heavy atom. The van der Waals surface area contributed by atoms with Crippen molar-refractivity contribution in [1.29, 1.82) is 0 Å². The SMILES string of the molecule is CCNC(c1ccc(C)c(C)c1)c1ccc(C)cc1OC. The fourth-order valence-corrected chi connectivity index (χ4v) is 2.61. The lowest BCUT2D eigenvalue weighted by molar-refractivity contribution is 0.404. The molecule has 1 atom stereocenters. The molecule has 2 heteroatoms. The Hall–Kier alpha value is -1.80. The van der Waals surface area contributed by atoms with Crippen LogP contribution in [0.1, 0.15) is 40.8 Å². The molecule has 0 aliphatic heterocycles. The highest BCUT2D eigenvalue weighted by Gasteiger charge is 2.17. The van der Waals surface area contributed by atoms with E-state index in [4.69, 9.17) is 4.74 Å². The van der Waals surface area contributed by atoms with Crippen molar-refractivity contribution in [1.82, 2.24) is 5.32 Å². The van der Waals surface area contributed by atoms with E-state index in [-0.39, 0.29) is 6.04 Å². The van der Waals surface area contributed by atoms with Gasteiger partial charge in [-0.15, -0.1) is 0 Å². The Labute approximate surface area is 128 Å². The van der Waals surface area contributed by atoms with Gasteiger partial charge in [0.15, 0.2) is 0 Å². The van der Waals surface area contributed by atoms with E-state index < -0.39 is 0 Å². The summed E-state index contributed by atoms with van der Waals surface area (Å²) in [5.41, 5.74) is 6.33. The van der Waals surface area contributed by atoms with Crippen LogP contribution in [-0.2, 0) is 0 Å². The lowest BCUT2D eigenvalue weighted by atomic mass is 9.94. The first-order valence-electron chi connectivity index (χ1n) is 7.52. The summed E-state index contributed by atoms with van der Waals surface area (Å²) in [5.74, 6) is 0.944. The highest BCUT2D eigenvalue weighted by atomic mass is 16.5. The van der Waals surface area contributed by atoms with E-state index in [1.807, 2.05) is 0 Å². The summed E-state index contributed by atoms with van der Waals surface area (Å²) in [6.45, 7) is 9.44. The van der Waals surface area contributed by atoms with Crippen LogP contribution in [0.25, 0.3) is 0 Å². The molecule has 2 aromatic rings. The molecule has 112 valence electrons. The molecule has 21 heavy (non-hydrogen) atoms. The number of hydrogen-bond donors (Lipinski definition) is 1. The van der Waals surface area contributed by atoms with Gasteiger partial charge in [0.1, 0.15) is 5.75 Å². The summed E-state index contributed by atoms with van der Waals surface area (Å²) < 4.78 is 5.59. The Morgan fingerprint density at radius 1 is 1.00 bits per heavy atom. The van der Waals surface area contributed by atoms with Gasteiger partial charge in [-0.2, -0.15) is 0 Å². The molecule has 0 aliphatic rings. The molecule has 0 amide bonds. The molecule has 2 nitrogen and oxygen atoms in total. The van der Waals surface area contributed by atoms with Crippen LogP contribution in [0.4, 0.5) is 0 Å². The maximum Gasteiger partial charge on any atom is 0.124 e. The number of rotatable bonds is 5. The van der Waals surface area contributed by atoms with Crippen LogP contribution in [0.2, 0.25) is 0 Å². The average Bonchev–Trinajstić information content (AvgIpc) is 2.48. The molecule has 0 bridgehead atoms. The quantitative estimate of drug-likeness (QED) is 0.882. The molecule has 0 saturated carbocycles. The van der Waals surface area contributed by atoms with Gasteiger partial charge in [-0.25, -0.2) is 0 Å². The standard InChI is InChI=1S/C19H25NO/c1-6-20-19(16-9-8-14(3)15(4)12-16)17-10-7-13(2)11-18(17)21-5/h7-12,19-20H,6H2,1-5H3. The van der Waals surface area contributed by atoms with Crippen LogP contribution in [0.3, 0.4) is 0 Å². The monoisotopic (exact) mass is 283 g/mol. The predicted molar refractivity (Wildman–Crippen MR) is 89.2 cm³/mol. The molecule has 0 saturated heterocycles. The van der Waals surface area contributed by atoms with Gasteiger partial charge in [-0.1, -0.05) is 37.3 Å². The summed E-state index contributed by atoms with van der Waals surface area (Å²) in [6, 6.07) is 13.2. The Kier molecular flexibility index (Phi) is 5.03. The second-order valence-electron chi connectivity index (χ2n) is 5.58. The number of ether oxygens (including phenoxy) is 1. The number of hydrogen-bond acceptors (Lipinski definition) is 2. The third kappa shape index (κ3) is 3.45. The van der Waals surface area contributed by atoms with Crippen molar-refractivity contribution in [2.75, 3.05) is 13.7 Å². The molecule has 2 aromatic carbocycles. The van der Waals surface area contributed by atoms with E-state index in [0.29, 0.717) is 0 Å². The largest absolute Gasteiger partial charge is 0.496 e. The molecule has 1 unspecified atom stereocenters. The molecule has 1 N–H and O–H groups in total. The van der Waals surface area contributed by atoms with Crippen molar-refractivity contribution in [3.63, 3.8) is 0 Å². The molecule has 0 fully saturated rings. The van der Waals surface area contributed by atoms with Crippen LogP contribution < -0.4 is 10.1 Å². The fraction of sp³-hybridized carbons (Fsp3) is 0.368. The number of nitrogens with one attached hydrogen (secondary N) is 1. The predicted octanol–water partition coefficient (Wildman–Crippen LogP) is 4.32. The van der Waals surface area contributed by atoms with Gasteiger partial charge in [-0.05, 0) is 55.6 Å². The zero-order valence-corrected chi connectivity index (χ0v) is 13.7. The van der Waals surface area contributed by atoms with Gasteiger partial charge in [0.2, 0.25) is 0 Å². The first kappa shape index (κ1) is 15.6. The van der Waals surface area contributed by atoms with Gasteiger partial charge < -0.3 is 10.1 Å². The van der Waals surface area contributed by atoms with Gasteiger partial charge >= 0.3 is 0 Å². The minimum atomic E-state index is 0.157. The number of benzene rings is 2. The molecule has 0 radical (unpaired) electrons. The highest BCUT2D eigenvalue weighted by Crippen LogP contribution is 2.31. The highest BCUT2D eigenvalue weighted by molar-refractivity contribution is 5.45. The average molecular weight is 283 g/mol. The van der Waals surface area contributed by atoms with E-state index in [9.17, 15) is 0 Å². The van der Waals surface area contributed by atoms with Crippen LogP contribution in [-0.4, -0.2) is 13.7 Å². The van der Waals surface area contributed by atoms with Crippen LogP contribution in [0.5, 0.6) is 5.75 Å². The topological polar surface area (TPSA) is 21.3 Å². The molecule has 0 aliphatic carbocycles. The Morgan fingerprint density at radius 3 is 2.38 bits per heavy atom. The molecular formula is C19H25NO. The lowest BCUT2D eigenvalue weighted by Gasteiger charge is -2.22. The summed E-state index contributed by atoms with van der Waals surface area (Å²) in [5, 5.41) is 3.58. The summed E-state index contributed by atoms with van der Waals surface area (Å²) in [7, 11) is 1.74. The third-order valence-electron chi connectivity index (χ3n) is 3.97. The van der Waals surface area contributed by atoms with Crippen LogP contribution in [0.15, 0.2) is 36.4 Å². The first-order chi connectivity index (χ1) is 10.1. The smallest absolute Gasteiger partial charge is 0.124 e. The molecule has 0 heterocycles. The lowest BCUT2D eigenvalue weighted by Crippen LogP contribution is -2.22. The van der Waals surface area contributed by atoms with E-state index in [1.165, 1.54) is 27.8 Å². The number of methoxy groups -OCH3 is 1. The van der Waals surface area contributed by atoms with Crippen LogP contribution in [0, 0.1) is 20.8 Å². The third-order valence-corrected chi connectivity index (χ3v) is 3.97. The van der Waals surface area contributed by atoms with Crippen molar-refractivity contribution < 1.29 is 4.74 Å². The molecule has 2 rings (SSSR count). The zero-order valence-electron chi connectivity index (χ0n) is 13.7. The molecule has 0 spiro atoms. The maximum atomic E-state index is 5.59. The van der Waals surface area contributed by atoms with Gasteiger partial charge in [-0.3, -0.25) is 0 Å². The first-order valence-corrected chi connectivity index (χ1v) is 7.52. The second-order valence-corrected chi connectivity index (χ2v) is 5.58. The van der Waals surface area contributed by atoms with Crippen molar-refractivity contribution >= 4 is 0 Å². The number of aryl methyl sites for hydroxylation is 3. The molecule has 0 aromatic heterocycles. The van der Waals surface area contributed by atoms with E-state index in [0.717, 1.165) is 12.3 Å². The summed E-state index contributed by atoms with van der Waals surface area (Å²) >= 11 is 0. The van der Waals surface area contributed by atoms with Crippen molar-refractivity contribution in [3.8, 4) is 5.75 Å². The van der Waals surface area contributed by atoms with Crippen molar-refractivity contribution in [2.45, 2.75) is 33.7 Å². The summed E-state index contributed by atoms with van der Waals surface area (Å²) in [6.07, 6.45) is 0. The second kappa shape index (κ2) is 6.77. The minimum absolute atomic E-state index is 0.157. The van der Waals surface area contributed by atoms with Crippen molar-refractivity contribution in [3.05, 3.63) is 64.2 Å². The van der Waals surface area contributed by atoms with Crippen LogP contribution >= 0.6 is 0 Å². The Bertz CT molecular complexity index is 619. The minimum Gasteiger partial charge on any atom is -0.496 e. The van der Waals surface area contributed by atoms with Gasteiger partial charge in [0.25, 0.3) is 0 Å². The van der Waals surface area contributed by atoms with Crippen molar-refractivity contribution in [2.24, 2.45) is 0 Å². The molecular weight excluding hydrogens is 258 g/mol. The van der Waals surface area contributed by atoms with E-state index in [1.54, 1.807) is 7.11 Å².